The number of nitrogens with two attached hydrogens (primary N) is 2. The average molecular weight is 1200 g/mol. The summed E-state index contributed by atoms with van der Waals surface area (Å²) in [5.74, 6) is -3.97. The maximum atomic E-state index is 13.4. The van der Waals surface area contributed by atoms with Gasteiger partial charge in [-0.1, -0.05) is 27.7 Å². The number of nitrogens with one attached hydrogen (secondary N) is 7. The zero-order chi connectivity index (χ0) is 56.5. The minimum atomic E-state index is -1.27. The summed E-state index contributed by atoms with van der Waals surface area (Å²) in [6.07, 6.45) is 5.82. The predicted molar refractivity (Wildman–Crippen MR) is 278 cm³/mol. The van der Waals surface area contributed by atoms with Gasteiger partial charge in [-0.3, -0.25) is 28.8 Å². The monoisotopic (exact) mass is 1200 g/mol. The molecule has 0 aromatic carbocycles. The normalized spacial score (nSPS) is 14.1. The second-order valence-corrected chi connectivity index (χ2v) is 21.7. The molecule has 1 aliphatic heterocycles. The first-order valence-electron chi connectivity index (χ1n) is 26.6. The number of carbonyl (C=O) groups excluding carboxylic acids is 7. The van der Waals surface area contributed by atoms with E-state index in [0.717, 1.165) is 30.4 Å². The number of urea groups is 1. The molecule has 0 radical (unpaired) electrons. The van der Waals surface area contributed by atoms with E-state index in [-0.39, 0.29) is 118 Å². The van der Waals surface area contributed by atoms with Crippen LogP contribution in [0.2, 0.25) is 0 Å². The number of carbonyl (C=O) groups is 8. The molecular weight excluding hydrogens is 1110 g/mol. The third-order valence-corrected chi connectivity index (χ3v) is 13.6. The van der Waals surface area contributed by atoms with Crippen molar-refractivity contribution in [3.05, 3.63) is 11.9 Å². The summed E-state index contributed by atoms with van der Waals surface area (Å²) in [6, 6.07) is -4.53. The Morgan fingerprint density at radius 2 is 1.18 bits per heavy atom. The Morgan fingerprint density at radius 3 is 1.74 bits per heavy atom. The Labute approximate surface area is 460 Å². The first-order valence-corrected chi connectivity index (χ1v) is 29.1. The fraction of sp³-hybridized carbons (Fsp3) is 0.800. The molecule has 12 N–H and O–H groups in total. The molecule has 0 bridgehead atoms. The van der Waals surface area contributed by atoms with Gasteiger partial charge >= 0.3 is 163 Å². The zero-order valence-corrected chi connectivity index (χ0v) is 48.0. The number of hydrogen-bond acceptors (Lipinski definition) is 17. The van der Waals surface area contributed by atoms with Gasteiger partial charge in [-0.05, 0) is 25.2 Å². The second-order valence-electron chi connectivity index (χ2n) is 19.1. The molecule has 0 aromatic heterocycles. The van der Waals surface area contributed by atoms with Gasteiger partial charge in [-0.15, -0.1) is 0 Å². The molecule has 440 valence electrons. The van der Waals surface area contributed by atoms with Crippen molar-refractivity contribution in [3.8, 4) is 0 Å². The molecule has 25 nitrogen and oxygen atoms in total. The number of amides is 7. The number of carboxylic acid groups (broad SMARTS) is 1. The number of nitrogens with zero attached hydrogens (tertiary/aromatic N) is 1. The average Bonchev–Trinajstić information content (AvgIpc) is 3.36. The summed E-state index contributed by atoms with van der Waals surface area (Å²) in [5.41, 5.74) is 12.5. The molecule has 0 spiro atoms. The number of primary amides is 1. The topological polar surface area (TPSA) is 352 Å². The van der Waals surface area contributed by atoms with Gasteiger partial charge in [-0.25, -0.2) is 4.79 Å². The maximum absolute atomic E-state index is 13.4. The third-order valence-electron chi connectivity index (χ3n) is 11.2. The summed E-state index contributed by atoms with van der Waals surface area (Å²) in [4.78, 5) is 99.2. The Hall–Kier alpha value is -4.45. The Balaban J connectivity index is 2.11. The van der Waals surface area contributed by atoms with Crippen molar-refractivity contribution in [2.45, 2.75) is 130 Å². The number of hydrogen-bond donors (Lipinski definition) is 10. The summed E-state index contributed by atoms with van der Waals surface area (Å²) in [7, 11) is 0. The SMILES string of the molecule is CC(C)CC1=CN(CCCCC(N)C(=O)NCCOCCOCCOCCC(=O)NCCOCCOCCOCCC(=O)NC(CCC(=O)O)C(=O)NC(C(=O)NC(CCCNC(N)=O)C(=O)C(C)C)C(C)C)[I-]CN1. The molecule has 1 rings (SSSR count). The van der Waals surface area contributed by atoms with Gasteiger partial charge in [0.15, 0.2) is 5.78 Å². The molecule has 0 aromatic rings. The molecule has 1 aliphatic rings. The summed E-state index contributed by atoms with van der Waals surface area (Å²) in [5, 5.41) is 28.7. The molecule has 4 unspecified atom stereocenters. The first-order chi connectivity index (χ1) is 36.3. The van der Waals surface area contributed by atoms with E-state index in [2.05, 4.69) is 60.4 Å². The summed E-state index contributed by atoms with van der Waals surface area (Å²) >= 11 is -0.0304. The molecule has 0 saturated carbocycles. The van der Waals surface area contributed by atoms with Crippen molar-refractivity contribution >= 4 is 47.3 Å². The fourth-order valence-corrected chi connectivity index (χ4v) is 9.40. The molecule has 4 atom stereocenters. The number of allylic oxidation sites excluding steroid dienone is 1. The van der Waals surface area contributed by atoms with Crippen molar-refractivity contribution < 1.29 is 93.4 Å². The van der Waals surface area contributed by atoms with E-state index >= 15 is 0 Å². The second kappa shape index (κ2) is 43.5. The number of unbranched alkanes of at least 4 members (excludes halogenated alkanes) is 1. The van der Waals surface area contributed by atoms with Crippen LogP contribution in [0, 0.1) is 17.8 Å². The van der Waals surface area contributed by atoms with Crippen molar-refractivity contribution in [2.24, 2.45) is 29.2 Å². The predicted octanol–water partition coefficient (Wildman–Crippen LogP) is -3.00. The molecule has 76 heavy (non-hydrogen) atoms. The van der Waals surface area contributed by atoms with Crippen molar-refractivity contribution in [1.82, 2.24) is 40.3 Å². The standard InChI is InChI=1S/C50H92IN10O15/c1-35(2)32-38-33-61(51-34-57-38)19-8-7-10-39(52)47(67)55-18-23-74-27-31-75-28-24-71-20-14-42(62)54-17-22-73-26-30-76-29-25-72-21-15-43(63)58-41(12-13-44(64)65)48(68)60-45(36(3)4)49(69)59-40(46(66)37(5)6)11-9-16-56-50(53)70/h33,35-37,39-41,45,57H,7-32,34,52H2,1-6H3,(H,54,62)(H,55,67)(H,58,63)(H,59,69)(H,60,68)(H,64,65)(H3,53,56,70)/q-1. The third kappa shape index (κ3) is 36.6. The molecule has 0 fully saturated rings. The first kappa shape index (κ1) is 69.6. The minimum absolute atomic E-state index is 0.0114. The number of halogens is 1. The van der Waals surface area contributed by atoms with Crippen LogP contribution in [0.3, 0.4) is 0 Å². The van der Waals surface area contributed by atoms with Crippen LogP contribution in [0.1, 0.15) is 106 Å². The van der Waals surface area contributed by atoms with Gasteiger partial charge < -0.3 is 61.1 Å². The van der Waals surface area contributed by atoms with E-state index in [1.165, 1.54) is 5.70 Å². The van der Waals surface area contributed by atoms with E-state index in [9.17, 15) is 43.5 Å². The number of Topliss-reactive ketones (excluding diaryl/α,β-unsaturated/α-hetero) is 1. The Bertz CT molecular complexity index is 1730. The molecule has 1 heterocycles. The molecule has 7 amide bonds. The van der Waals surface area contributed by atoms with Crippen LogP contribution in [-0.4, -0.2) is 190 Å². The number of carboxylic acids is 1. The quantitative estimate of drug-likeness (QED) is 0.00954. The van der Waals surface area contributed by atoms with Gasteiger partial charge in [0.2, 0.25) is 23.6 Å². The summed E-state index contributed by atoms with van der Waals surface area (Å²) < 4.78 is 36.4. The van der Waals surface area contributed by atoms with Crippen LogP contribution in [0.15, 0.2) is 11.9 Å². The van der Waals surface area contributed by atoms with Gasteiger partial charge in [0.25, 0.3) is 0 Å². The molecular formula is C50H92IN10O15-. The van der Waals surface area contributed by atoms with Crippen molar-refractivity contribution in [2.75, 3.05) is 110 Å². The van der Waals surface area contributed by atoms with Crippen LogP contribution in [-0.2, 0) is 62.0 Å². The number of alkyl halides is 1. The van der Waals surface area contributed by atoms with E-state index in [1.807, 2.05) is 0 Å². The zero-order valence-electron chi connectivity index (χ0n) is 45.9. The van der Waals surface area contributed by atoms with E-state index < -0.39 is 72.1 Å². The number of rotatable bonds is 47. The molecule has 0 aliphatic carbocycles. The van der Waals surface area contributed by atoms with Crippen molar-refractivity contribution in [3.63, 3.8) is 0 Å². The van der Waals surface area contributed by atoms with Crippen LogP contribution < -0.4 is 70.2 Å². The van der Waals surface area contributed by atoms with Crippen LogP contribution in [0.5, 0.6) is 0 Å². The van der Waals surface area contributed by atoms with Crippen LogP contribution >= 0.6 is 0 Å². The van der Waals surface area contributed by atoms with Crippen molar-refractivity contribution in [1.29, 1.82) is 0 Å². The fourth-order valence-electron chi connectivity index (χ4n) is 7.09. The van der Waals surface area contributed by atoms with E-state index in [0.29, 0.717) is 64.9 Å². The Morgan fingerprint density at radius 1 is 0.618 bits per heavy atom. The van der Waals surface area contributed by atoms with E-state index in [1.54, 1.807) is 27.7 Å². The number of aliphatic carboxylic acids is 1. The number of ketones is 1. The van der Waals surface area contributed by atoms with Crippen LogP contribution in [0.4, 0.5) is 4.79 Å². The van der Waals surface area contributed by atoms with E-state index in [4.69, 9.17) is 39.9 Å². The van der Waals surface area contributed by atoms with Gasteiger partial charge in [0, 0.05) is 38.3 Å². The molecule has 0 saturated heterocycles. The molecule has 26 heteroatoms. The Kier molecular flexibility index (Phi) is 39.8. The van der Waals surface area contributed by atoms with Gasteiger partial charge in [0.1, 0.15) is 12.1 Å². The van der Waals surface area contributed by atoms with Gasteiger partial charge in [-0.2, -0.15) is 0 Å². The number of ether oxygens (including phenoxy) is 6. The van der Waals surface area contributed by atoms with Gasteiger partial charge in [0.05, 0.1) is 72.1 Å². The summed E-state index contributed by atoms with van der Waals surface area (Å²) in [6.45, 7) is 16.3. The van der Waals surface area contributed by atoms with Crippen LogP contribution in [0.25, 0.3) is 0 Å².